The quantitative estimate of drug-likeness (QED) is 0.584. The number of amides is 3. The smallest absolute Gasteiger partial charge is 0.311 e. The zero-order valence-corrected chi connectivity index (χ0v) is 17.1. The molecule has 1 aliphatic rings. The molecule has 0 spiro atoms. The first-order valence-corrected chi connectivity index (χ1v) is 10.1. The molecule has 0 aliphatic carbocycles. The van der Waals surface area contributed by atoms with E-state index in [2.05, 4.69) is 10.7 Å². The molecule has 8 nitrogen and oxygen atoms in total. The van der Waals surface area contributed by atoms with Gasteiger partial charge >= 0.3 is 5.97 Å². The van der Waals surface area contributed by atoms with E-state index in [1.54, 1.807) is 36.4 Å². The van der Waals surface area contributed by atoms with Crippen LogP contribution in [0, 0.1) is 5.92 Å². The second kappa shape index (κ2) is 9.30. The van der Waals surface area contributed by atoms with Gasteiger partial charge in [-0.1, -0.05) is 54.6 Å². The maximum absolute atomic E-state index is 12.4. The minimum atomic E-state index is -0.760. The van der Waals surface area contributed by atoms with Crippen LogP contribution in [0.4, 0.5) is 5.69 Å². The summed E-state index contributed by atoms with van der Waals surface area (Å²) in [7, 11) is 0. The lowest BCUT2D eigenvalue weighted by atomic mass is 10.1. The van der Waals surface area contributed by atoms with Gasteiger partial charge in [0.1, 0.15) is 0 Å². The zero-order valence-electron chi connectivity index (χ0n) is 17.1. The number of benzene rings is 3. The number of anilines is 1. The summed E-state index contributed by atoms with van der Waals surface area (Å²) in [4.78, 5) is 49.1. The lowest BCUT2D eigenvalue weighted by Crippen LogP contribution is -2.43. The van der Waals surface area contributed by atoms with Crippen molar-refractivity contribution in [2.24, 2.45) is 5.92 Å². The van der Waals surface area contributed by atoms with E-state index >= 15 is 0 Å². The van der Waals surface area contributed by atoms with Gasteiger partial charge in [0.05, 0.1) is 12.5 Å². The van der Waals surface area contributed by atoms with Crippen LogP contribution in [-0.2, 0) is 19.1 Å². The van der Waals surface area contributed by atoms with Crippen molar-refractivity contribution in [2.75, 3.05) is 18.5 Å². The van der Waals surface area contributed by atoms with Crippen LogP contribution in [0.25, 0.3) is 10.8 Å². The maximum atomic E-state index is 12.4. The Balaban J connectivity index is 1.29. The van der Waals surface area contributed by atoms with Crippen molar-refractivity contribution in [3.63, 3.8) is 0 Å². The van der Waals surface area contributed by atoms with Gasteiger partial charge in [-0.3, -0.25) is 29.6 Å². The fourth-order valence-corrected chi connectivity index (χ4v) is 3.53. The van der Waals surface area contributed by atoms with Gasteiger partial charge < -0.3 is 10.1 Å². The highest BCUT2D eigenvalue weighted by molar-refractivity contribution is 6.03. The number of esters is 1. The van der Waals surface area contributed by atoms with Crippen molar-refractivity contribution in [3.8, 4) is 0 Å². The van der Waals surface area contributed by atoms with E-state index in [0.717, 1.165) is 15.8 Å². The van der Waals surface area contributed by atoms with Crippen molar-refractivity contribution in [2.45, 2.75) is 6.42 Å². The molecule has 0 bridgehead atoms. The summed E-state index contributed by atoms with van der Waals surface area (Å²) in [6.07, 6.45) is -0.0984. The summed E-state index contributed by atoms with van der Waals surface area (Å²) >= 11 is 0. The Kier molecular flexibility index (Phi) is 6.12. The van der Waals surface area contributed by atoms with Gasteiger partial charge in [-0.25, -0.2) is 0 Å². The number of hydrogen-bond acceptors (Lipinski definition) is 5. The highest BCUT2D eigenvalue weighted by Gasteiger charge is 2.36. The summed E-state index contributed by atoms with van der Waals surface area (Å²) in [6, 6.07) is 21.6. The van der Waals surface area contributed by atoms with Crippen molar-refractivity contribution >= 4 is 40.2 Å². The number of nitrogens with zero attached hydrogens (tertiary/aromatic N) is 1. The molecular weight excluding hydrogens is 410 g/mol. The Bertz CT molecular complexity index is 1170. The number of carbonyl (C=O) groups excluding carboxylic acids is 4. The van der Waals surface area contributed by atoms with E-state index in [0.29, 0.717) is 11.3 Å². The normalized spacial score (nSPS) is 15.4. The van der Waals surface area contributed by atoms with Crippen LogP contribution < -0.4 is 10.7 Å². The molecule has 32 heavy (non-hydrogen) atoms. The number of fused-ring (bicyclic) bond motifs is 1. The summed E-state index contributed by atoms with van der Waals surface area (Å²) in [5.74, 6) is -2.74. The molecule has 1 saturated heterocycles. The highest BCUT2D eigenvalue weighted by atomic mass is 16.5. The molecule has 8 heteroatoms. The van der Waals surface area contributed by atoms with Gasteiger partial charge in [-0.15, -0.1) is 0 Å². The SMILES string of the molecule is O=C(COC(=O)[C@H]1CC(=O)N(NC(=O)c2ccccc2)C1)Nc1cccc2ccccc12. The number of hydrazine groups is 1. The summed E-state index contributed by atoms with van der Waals surface area (Å²) in [5.41, 5.74) is 3.52. The summed E-state index contributed by atoms with van der Waals surface area (Å²) in [6.45, 7) is -0.482. The van der Waals surface area contributed by atoms with Gasteiger partial charge in [0, 0.05) is 23.1 Å². The molecule has 1 heterocycles. The van der Waals surface area contributed by atoms with E-state index in [1.165, 1.54) is 0 Å². The second-order valence-electron chi connectivity index (χ2n) is 7.39. The molecule has 0 aromatic heterocycles. The largest absolute Gasteiger partial charge is 0.455 e. The van der Waals surface area contributed by atoms with E-state index in [4.69, 9.17) is 4.74 Å². The van der Waals surface area contributed by atoms with Gasteiger partial charge in [-0.05, 0) is 23.6 Å². The first-order chi connectivity index (χ1) is 15.5. The van der Waals surface area contributed by atoms with Crippen LogP contribution in [0.15, 0.2) is 72.8 Å². The number of ether oxygens (including phenoxy) is 1. The average Bonchev–Trinajstić information content (AvgIpc) is 3.18. The first-order valence-electron chi connectivity index (χ1n) is 10.1. The molecule has 0 radical (unpaired) electrons. The third-order valence-corrected chi connectivity index (χ3v) is 5.14. The van der Waals surface area contributed by atoms with Crippen molar-refractivity contribution in [1.82, 2.24) is 10.4 Å². The molecule has 1 aliphatic heterocycles. The predicted octanol–water partition coefficient (Wildman–Crippen LogP) is 2.51. The Morgan fingerprint density at radius 3 is 2.47 bits per heavy atom. The number of rotatable bonds is 6. The van der Waals surface area contributed by atoms with E-state index in [-0.39, 0.29) is 13.0 Å². The van der Waals surface area contributed by atoms with Crippen LogP contribution in [-0.4, -0.2) is 41.9 Å². The molecule has 0 unspecified atom stereocenters. The third kappa shape index (κ3) is 4.75. The highest BCUT2D eigenvalue weighted by Crippen LogP contribution is 2.23. The van der Waals surface area contributed by atoms with Gasteiger partial charge in [0.2, 0.25) is 5.91 Å². The van der Waals surface area contributed by atoms with E-state index < -0.39 is 36.2 Å². The van der Waals surface area contributed by atoms with E-state index in [9.17, 15) is 19.2 Å². The van der Waals surface area contributed by atoms with Gasteiger partial charge in [0.15, 0.2) is 6.61 Å². The van der Waals surface area contributed by atoms with Crippen LogP contribution in [0.2, 0.25) is 0 Å². The first kappa shape index (κ1) is 21.0. The molecule has 162 valence electrons. The summed E-state index contributed by atoms with van der Waals surface area (Å²) < 4.78 is 5.12. The number of hydrogen-bond donors (Lipinski definition) is 2. The fraction of sp³-hybridized carbons (Fsp3) is 0.167. The monoisotopic (exact) mass is 431 g/mol. The average molecular weight is 431 g/mol. The molecule has 1 fully saturated rings. The minimum absolute atomic E-state index is 0.0127. The molecule has 4 rings (SSSR count). The zero-order chi connectivity index (χ0) is 22.5. The standard InChI is InChI=1S/C24H21N3O5/c28-21(25-20-12-6-10-16-7-4-5-11-19(16)20)15-32-24(31)18-13-22(29)27(14-18)26-23(30)17-8-2-1-3-9-17/h1-12,18H,13-15H2,(H,25,28)(H,26,30)/t18-/m0/s1. The van der Waals surface area contributed by atoms with Crippen LogP contribution in [0.1, 0.15) is 16.8 Å². The van der Waals surface area contributed by atoms with Crippen LogP contribution in [0.3, 0.4) is 0 Å². The Labute approximate surface area is 184 Å². The molecule has 3 aromatic rings. The molecule has 3 amide bonds. The van der Waals surface area contributed by atoms with Crippen LogP contribution >= 0.6 is 0 Å². The molecule has 0 saturated carbocycles. The van der Waals surface area contributed by atoms with Crippen LogP contribution in [0.5, 0.6) is 0 Å². The Morgan fingerprint density at radius 1 is 0.938 bits per heavy atom. The molecule has 1 atom stereocenters. The van der Waals surface area contributed by atoms with E-state index in [1.807, 2.05) is 36.4 Å². The van der Waals surface area contributed by atoms with Gasteiger partial charge in [0.25, 0.3) is 11.8 Å². The lowest BCUT2D eigenvalue weighted by Gasteiger charge is -2.17. The van der Waals surface area contributed by atoms with Gasteiger partial charge in [-0.2, -0.15) is 0 Å². The molecular formula is C24H21N3O5. The number of carbonyl (C=O) groups is 4. The minimum Gasteiger partial charge on any atom is -0.455 e. The third-order valence-electron chi connectivity index (χ3n) is 5.14. The second-order valence-corrected chi connectivity index (χ2v) is 7.39. The lowest BCUT2D eigenvalue weighted by molar-refractivity contribution is -0.151. The fourth-order valence-electron chi connectivity index (χ4n) is 3.53. The molecule has 2 N–H and O–H groups in total. The van der Waals surface area contributed by atoms with Crippen molar-refractivity contribution in [3.05, 3.63) is 78.4 Å². The maximum Gasteiger partial charge on any atom is 0.311 e. The summed E-state index contributed by atoms with van der Waals surface area (Å²) in [5, 5.41) is 5.70. The topological polar surface area (TPSA) is 105 Å². The van der Waals surface area contributed by atoms with Crippen molar-refractivity contribution in [1.29, 1.82) is 0 Å². The van der Waals surface area contributed by atoms with Crippen molar-refractivity contribution < 1.29 is 23.9 Å². The molecule has 3 aromatic carbocycles. The predicted molar refractivity (Wildman–Crippen MR) is 117 cm³/mol. The number of nitrogens with one attached hydrogen (secondary N) is 2. The Hall–Kier alpha value is -4.20. The Morgan fingerprint density at radius 2 is 1.66 bits per heavy atom.